The van der Waals surface area contributed by atoms with Crippen molar-refractivity contribution in [1.82, 2.24) is 5.32 Å². The molecule has 0 unspecified atom stereocenters. The maximum atomic E-state index is 12.4. The molecule has 0 saturated heterocycles. The minimum atomic E-state index is -0.609. The van der Waals surface area contributed by atoms with Gasteiger partial charge in [-0.15, -0.1) is 0 Å². The third kappa shape index (κ3) is 4.89. The van der Waals surface area contributed by atoms with Crippen LogP contribution < -0.4 is 19.5 Å². The Kier molecular flexibility index (Phi) is 6.28. The van der Waals surface area contributed by atoms with Crippen molar-refractivity contribution >= 4 is 5.91 Å². The van der Waals surface area contributed by atoms with Crippen molar-refractivity contribution in [2.24, 2.45) is 0 Å². The normalized spacial score (nSPS) is 12.8. The van der Waals surface area contributed by atoms with Crippen LogP contribution in [0.2, 0.25) is 0 Å². The Balaban J connectivity index is 2.05. The lowest BCUT2D eigenvalue weighted by molar-refractivity contribution is -0.127. The molecule has 0 saturated carbocycles. The van der Waals surface area contributed by atoms with Gasteiger partial charge >= 0.3 is 0 Å². The Bertz CT molecular complexity index is 712. The summed E-state index contributed by atoms with van der Waals surface area (Å²) in [7, 11) is 3.20. The molecule has 2 aromatic rings. The van der Waals surface area contributed by atoms with Gasteiger partial charge in [-0.1, -0.05) is 17.7 Å². The minimum absolute atomic E-state index is 0.196. The quantitative estimate of drug-likeness (QED) is 0.834. The van der Waals surface area contributed by atoms with Gasteiger partial charge in [0.25, 0.3) is 5.91 Å². The van der Waals surface area contributed by atoms with Crippen molar-refractivity contribution in [1.29, 1.82) is 0 Å². The van der Waals surface area contributed by atoms with Crippen LogP contribution in [0, 0.1) is 6.92 Å². The van der Waals surface area contributed by atoms with Crippen LogP contribution in [0.4, 0.5) is 0 Å². The first kappa shape index (κ1) is 18.6. The predicted molar refractivity (Wildman–Crippen MR) is 97.4 cm³/mol. The van der Waals surface area contributed by atoms with Gasteiger partial charge in [-0.3, -0.25) is 4.79 Å². The molecular weight excluding hydrogens is 318 g/mol. The van der Waals surface area contributed by atoms with Gasteiger partial charge in [0.1, 0.15) is 17.2 Å². The Morgan fingerprint density at radius 1 is 0.960 bits per heavy atom. The number of carbonyl (C=O) groups excluding carboxylic acids is 1. The van der Waals surface area contributed by atoms with E-state index in [9.17, 15) is 4.79 Å². The molecule has 5 heteroatoms. The van der Waals surface area contributed by atoms with Gasteiger partial charge in [-0.05, 0) is 51.1 Å². The SMILES string of the molecule is COc1ccc(OC)c([C@@H](C)NC(=O)[C@H](C)Oc2ccc(C)cc2)c1. The summed E-state index contributed by atoms with van der Waals surface area (Å²) in [5, 5.41) is 2.95. The van der Waals surface area contributed by atoms with Gasteiger partial charge in [0.05, 0.1) is 20.3 Å². The molecule has 2 aromatic carbocycles. The maximum Gasteiger partial charge on any atom is 0.261 e. The van der Waals surface area contributed by atoms with Gasteiger partial charge in [-0.25, -0.2) is 0 Å². The number of benzene rings is 2. The standard InChI is InChI=1S/C20H25NO4/c1-13-6-8-16(9-7-13)25-15(3)20(22)21-14(2)18-12-17(23-4)10-11-19(18)24-5/h6-12,14-15H,1-5H3,(H,21,22)/t14-,15+/m1/s1. The summed E-state index contributed by atoms with van der Waals surface area (Å²) in [5.41, 5.74) is 1.99. The Morgan fingerprint density at radius 2 is 1.60 bits per heavy atom. The topological polar surface area (TPSA) is 56.8 Å². The number of aryl methyl sites for hydroxylation is 1. The lowest BCUT2D eigenvalue weighted by Gasteiger charge is -2.21. The van der Waals surface area contributed by atoms with Crippen LogP contribution in [-0.4, -0.2) is 26.2 Å². The van der Waals surface area contributed by atoms with Gasteiger partial charge in [0, 0.05) is 5.56 Å². The second kappa shape index (κ2) is 8.42. The maximum absolute atomic E-state index is 12.4. The van der Waals surface area contributed by atoms with E-state index in [1.807, 2.05) is 56.3 Å². The summed E-state index contributed by atoms with van der Waals surface area (Å²) < 4.78 is 16.3. The molecule has 0 heterocycles. The molecular formula is C20H25NO4. The van der Waals surface area contributed by atoms with E-state index in [2.05, 4.69) is 5.32 Å². The lowest BCUT2D eigenvalue weighted by atomic mass is 10.1. The summed E-state index contributed by atoms with van der Waals surface area (Å²) in [6.07, 6.45) is -0.609. The molecule has 25 heavy (non-hydrogen) atoms. The van der Waals surface area contributed by atoms with Gasteiger partial charge in [0.15, 0.2) is 6.10 Å². The second-order valence-corrected chi connectivity index (χ2v) is 5.91. The molecule has 0 bridgehead atoms. The van der Waals surface area contributed by atoms with Crippen LogP contribution in [0.25, 0.3) is 0 Å². The average molecular weight is 343 g/mol. The van der Waals surface area contributed by atoms with Crippen LogP contribution in [-0.2, 0) is 4.79 Å². The van der Waals surface area contributed by atoms with Crippen molar-refractivity contribution < 1.29 is 19.0 Å². The Labute approximate surface area is 148 Å². The zero-order valence-corrected chi connectivity index (χ0v) is 15.3. The largest absolute Gasteiger partial charge is 0.497 e. The molecule has 0 aromatic heterocycles. The smallest absolute Gasteiger partial charge is 0.261 e. The van der Waals surface area contributed by atoms with Crippen molar-refractivity contribution in [3.63, 3.8) is 0 Å². The van der Waals surface area contributed by atoms with Gasteiger partial charge in [-0.2, -0.15) is 0 Å². The number of rotatable bonds is 7. The van der Waals surface area contributed by atoms with E-state index in [1.165, 1.54) is 0 Å². The molecule has 1 N–H and O–H groups in total. The summed E-state index contributed by atoms with van der Waals surface area (Å²) in [5.74, 6) is 1.87. The van der Waals surface area contributed by atoms with Gasteiger partial charge < -0.3 is 19.5 Å². The molecule has 2 atom stereocenters. The predicted octanol–water partition coefficient (Wildman–Crippen LogP) is 3.66. The molecule has 0 radical (unpaired) electrons. The third-order valence-electron chi connectivity index (χ3n) is 3.97. The van der Waals surface area contributed by atoms with Crippen molar-refractivity contribution in [3.05, 3.63) is 53.6 Å². The first-order valence-corrected chi connectivity index (χ1v) is 8.20. The molecule has 0 aliphatic heterocycles. The third-order valence-corrected chi connectivity index (χ3v) is 3.97. The Morgan fingerprint density at radius 3 is 2.20 bits per heavy atom. The monoisotopic (exact) mass is 343 g/mol. The highest BCUT2D eigenvalue weighted by Gasteiger charge is 2.20. The molecule has 2 rings (SSSR count). The van der Waals surface area contributed by atoms with Gasteiger partial charge in [0.2, 0.25) is 0 Å². The summed E-state index contributed by atoms with van der Waals surface area (Å²) >= 11 is 0. The van der Waals surface area contributed by atoms with E-state index >= 15 is 0 Å². The fourth-order valence-electron chi connectivity index (χ4n) is 2.46. The molecule has 0 spiro atoms. The fraction of sp³-hybridized carbons (Fsp3) is 0.350. The number of nitrogens with one attached hydrogen (secondary N) is 1. The van der Waals surface area contributed by atoms with Crippen LogP contribution in [0.15, 0.2) is 42.5 Å². The number of hydrogen-bond acceptors (Lipinski definition) is 4. The molecule has 0 aliphatic rings. The highest BCUT2D eigenvalue weighted by atomic mass is 16.5. The summed E-state index contributed by atoms with van der Waals surface area (Å²) in [6, 6.07) is 12.9. The van der Waals surface area contributed by atoms with E-state index in [4.69, 9.17) is 14.2 Å². The average Bonchev–Trinajstić information content (AvgIpc) is 2.62. The van der Waals surface area contributed by atoms with E-state index < -0.39 is 6.10 Å². The molecule has 134 valence electrons. The van der Waals surface area contributed by atoms with E-state index in [1.54, 1.807) is 21.1 Å². The van der Waals surface area contributed by atoms with E-state index in [0.29, 0.717) is 17.2 Å². The first-order chi connectivity index (χ1) is 11.9. The molecule has 0 aliphatic carbocycles. The second-order valence-electron chi connectivity index (χ2n) is 5.91. The van der Waals surface area contributed by atoms with Crippen LogP contribution in [0.3, 0.4) is 0 Å². The Hall–Kier alpha value is -2.69. The number of ether oxygens (including phenoxy) is 3. The number of methoxy groups -OCH3 is 2. The first-order valence-electron chi connectivity index (χ1n) is 8.20. The van der Waals surface area contributed by atoms with Crippen molar-refractivity contribution in [3.8, 4) is 17.2 Å². The van der Waals surface area contributed by atoms with Crippen LogP contribution in [0.1, 0.15) is 31.0 Å². The highest BCUT2D eigenvalue weighted by molar-refractivity contribution is 5.81. The number of hydrogen-bond donors (Lipinski definition) is 1. The molecule has 1 amide bonds. The lowest BCUT2D eigenvalue weighted by Crippen LogP contribution is -2.37. The molecule has 5 nitrogen and oxygen atoms in total. The fourth-order valence-corrected chi connectivity index (χ4v) is 2.46. The summed E-state index contributed by atoms with van der Waals surface area (Å²) in [4.78, 5) is 12.4. The molecule has 0 fully saturated rings. The zero-order chi connectivity index (χ0) is 18.4. The van der Waals surface area contributed by atoms with Crippen LogP contribution in [0.5, 0.6) is 17.2 Å². The number of amides is 1. The highest BCUT2D eigenvalue weighted by Crippen LogP contribution is 2.29. The zero-order valence-electron chi connectivity index (χ0n) is 15.3. The summed E-state index contributed by atoms with van der Waals surface area (Å²) in [6.45, 7) is 5.63. The van der Waals surface area contributed by atoms with Crippen molar-refractivity contribution in [2.75, 3.05) is 14.2 Å². The number of carbonyl (C=O) groups is 1. The van der Waals surface area contributed by atoms with E-state index in [0.717, 1.165) is 11.1 Å². The van der Waals surface area contributed by atoms with E-state index in [-0.39, 0.29) is 11.9 Å². The van der Waals surface area contributed by atoms with Crippen LogP contribution >= 0.6 is 0 Å². The van der Waals surface area contributed by atoms with Crippen molar-refractivity contribution in [2.45, 2.75) is 32.9 Å². The minimum Gasteiger partial charge on any atom is -0.497 e.